The highest BCUT2D eigenvalue weighted by molar-refractivity contribution is 6.26. The van der Waals surface area contributed by atoms with Gasteiger partial charge in [0.1, 0.15) is 16.7 Å². The first-order chi connectivity index (χ1) is 40.2. The van der Waals surface area contributed by atoms with E-state index in [2.05, 4.69) is 292 Å². The first kappa shape index (κ1) is 44.2. The van der Waals surface area contributed by atoms with Gasteiger partial charge < -0.3 is 28.1 Å². The lowest BCUT2D eigenvalue weighted by atomic mass is 9.79. The van der Waals surface area contributed by atoms with Crippen molar-refractivity contribution in [2.24, 2.45) is 0 Å². The maximum Gasteiger partial charge on any atom is 0.159 e. The summed E-state index contributed by atoms with van der Waals surface area (Å²) in [6.07, 6.45) is 0. The zero-order valence-corrected chi connectivity index (χ0v) is 43.7. The van der Waals surface area contributed by atoms with E-state index in [1.165, 1.54) is 16.5 Å². The van der Waals surface area contributed by atoms with E-state index in [9.17, 15) is 0 Å². The summed E-state index contributed by atoms with van der Waals surface area (Å²) in [7, 11) is 0. The van der Waals surface area contributed by atoms with Crippen LogP contribution in [0.25, 0.3) is 92.9 Å². The Morgan fingerprint density at radius 3 is 1.30 bits per heavy atom. The van der Waals surface area contributed by atoms with Crippen molar-refractivity contribution in [3.05, 3.63) is 290 Å². The molecule has 0 atom stereocenters. The summed E-state index contributed by atoms with van der Waals surface area (Å²) in [5, 5.41) is 11.3. The van der Waals surface area contributed by atoms with Gasteiger partial charge in [-0.15, -0.1) is 0 Å². The second-order valence-corrected chi connectivity index (χ2v) is 21.5. The van der Waals surface area contributed by atoms with Crippen molar-refractivity contribution >= 4 is 138 Å². The highest BCUT2D eigenvalue weighted by atomic mass is 16.3. The summed E-state index contributed by atoms with van der Waals surface area (Å²) in [6, 6.07) is 99.5. The van der Waals surface area contributed by atoms with Crippen molar-refractivity contribution in [1.82, 2.24) is 4.57 Å². The third kappa shape index (κ3) is 6.16. The van der Waals surface area contributed by atoms with Crippen molar-refractivity contribution in [1.29, 1.82) is 0 Å². The molecule has 0 bridgehead atoms. The number of hydrogen-bond acceptors (Lipinski definition) is 5. The number of fused-ring (bicyclic) bond motifs is 15. The molecule has 3 aromatic heterocycles. The number of rotatable bonds is 5. The fourth-order valence-electron chi connectivity index (χ4n) is 14.0. The fourth-order valence-corrected chi connectivity index (χ4v) is 14.0. The van der Waals surface area contributed by atoms with Crippen LogP contribution in [0.15, 0.2) is 282 Å². The van der Waals surface area contributed by atoms with E-state index in [1.807, 2.05) is 0 Å². The van der Waals surface area contributed by atoms with E-state index in [4.69, 9.17) is 8.83 Å². The van der Waals surface area contributed by atoms with Gasteiger partial charge >= 0.3 is 0 Å². The van der Waals surface area contributed by atoms with Gasteiger partial charge in [0.05, 0.1) is 62.2 Å². The molecule has 6 nitrogen and oxygen atoms in total. The Balaban J connectivity index is 0.926. The van der Waals surface area contributed by atoms with Crippen LogP contribution in [0.3, 0.4) is 0 Å². The first-order valence-electron chi connectivity index (χ1n) is 27.8. The molecule has 0 unspecified atom stereocenters. The molecule has 5 heterocycles. The van der Waals surface area contributed by atoms with E-state index in [-0.39, 0.29) is 5.92 Å². The smallest absolute Gasteiger partial charge is 0.159 e. The predicted octanol–water partition coefficient (Wildman–Crippen LogP) is 21.1. The molecule has 0 amide bonds. The van der Waals surface area contributed by atoms with Crippen LogP contribution >= 0.6 is 0 Å². The lowest BCUT2D eigenvalue weighted by Gasteiger charge is -2.42. The van der Waals surface area contributed by atoms with Crippen molar-refractivity contribution < 1.29 is 8.83 Å². The number of benzene rings is 13. The van der Waals surface area contributed by atoms with Crippen molar-refractivity contribution in [2.75, 3.05) is 14.7 Å². The van der Waals surface area contributed by atoms with Crippen LogP contribution in [0.2, 0.25) is 0 Å². The zero-order chi connectivity index (χ0) is 52.9. The number of hydrogen-bond donors (Lipinski definition) is 0. The molecule has 13 aromatic carbocycles. The van der Waals surface area contributed by atoms with Gasteiger partial charge in [0, 0.05) is 71.0 Å². The van der Waals surface area contributed by atoms with E-state index in [1.54, 1.807) is 0 Å². The number of para-hydroxylation sites is 10. The molecule has 18 rings (SSSR count). The Morgan fingerprint density at radius 1 is 0.247 bits per heavy atom. The van der Waals surface area contributed by atoms with E-state index in [0.717, 1.165) is 144 Å². The highest BCUT2D eigenvalue weighted by Crippen LogP contribution is 2.62. The molecule has 0 saturated carbocycles. The Kier molecular flexibility index (Phi) is 9.19. The van der Waals surface area contributed by atoms with E-state index < -0.39 is 0 Å². The summed E-state index contributed by atoms with van der Waals surface area (Å²) < 4.78 is 16.2. The summed E-state index contributed by atoms with van der Waals surface area (Å²) in [4.78, 5) is 7.55. The third-order valence-electron chi connectivity index (χ3n) is 17.3. The molecular formula is C75H46N4O2. The van der Waals surface area contributed by atoms with Gasteiger partial charge in [-0.3, -0.25) is 0 Å². The molecular weight excluding hydrogens is 989 g/mol. The Bertz CT molecular complexity index is 5200. The average molecular weight is 1040 g/mol. The topological polar surface area (TPSA) is 40.9 Å². The Hall–Kier alpha value is -10.8. The van der Waals surface area contributed by atoms with Crippen molar-refractivity contribution in [3.8, 4) is 5.69 Å². The van der Waals surface area contributed by atoms with Crippen molar-refractivity contribution in [2.45, 2.75) is 5.92 Å². The molecule has 81 heavy (non-hydrogen) atoms. The van der Waals surface area contributed by atoms with Crippen LogP contribution in [-0.4, -0.2) is 4.57 Å². The number of aromatic nitrogens is 1. The van der Waals surface area contributed by atoms with Crippen LogP contribution in [-0.2, 0) is 0 Å². The minimum absolute atomic E-state index is 0.0901. The van der Waals surface area contributed by atoms with Gasteiger partial charge in [0.15, 0.2) is 5.58 Å². The zero-order valence-electron chi connectivity index (χ0n) is 43.7. The van der Waals surface area contributed by atoms with Gasteiger partial charge in [-0.05, 0) is 83.9 Å². The maximum atomic E-state index is 6.93. The van der Waals surface area contributed by atoms with Crippen LogP contribution in [0.4, 0.5) is 51.2 Å². The van der Waals surface area contributed by atoms with Gasteiger partial charge in [0.25, 0.3) is 0 Å². The SMILES string of the molecule is c1ccc(-n2c3ccccc3c3cc4c(cc32)N(c2c3ccccc3c(N3c5ccccc5C(c5cccc6c5oc5ccccc56)c5ccccc53)c3ccccc23)c2ccccc2N4c2cccc3c2oc2ccccc23)cc1. The van der Waals surface area contributed by atoms with Gasteiger partial charge in [-0.25, -0.2) is 0 Å². The molecule has 2 aliphatic heterocycles. The molecule has 2 aliphatic rings. The van der Waals surface area contributed by atoms with Gasteiger partial charge in [-0.2, -0.15) is 0 Å². The van der Waals surface area contributed by atoms with Crippen LogP contribution in [0, 0.1) is 0 Å². The number of anilines is 9. The van der Waals surface area contributed by atoms with E-state index >= 15 is 0 Å². The summed E-state index contributed by atoms with van der Waals surface area (Å²) >= 11 is 0. The molecule has 0 N–H and O–H groups in total. The fraction of sp³-hybridized carbons (Fsp3) is 0.0133. The van der Waals surface area contributed by atoms with Crippen LogP contribution in [0.5, 0.6) is 0 Å². The molecule has 0 spiro atoms. The van der Waals surface area contributed by atoms with Crippen molar-refractivity contribution in [3.63, 3.8) is 0 Å². The summed E-state index contributed by atoms with van der Waals surface area (Å²) in [5.41, 5.74) is 20.2. The minimum Gasteiger partial charge on any atom is -0.456 e. The largest absolute Gasteiger partial charge is 0.456 e. The predicted molar refractivity (Wildman–Crippen MR) is 335 cm³/mol. The molecule has 6 heteroatoms. The molecule has 0 saturated heterocycles. The number of furan rings is 2. The quantitative estimate of drug-likeness (QED) is 0.161. The maximum absolute atomic E-state index is 6.93. The molecule has 0 fully saturated rings. The highest BCUT2D eigenvalue weighted by Gasteiger charge is 2.39. The molecule has 378 valence electrons. The van der Waals surface area contributed by atoms with Crippen LogP contribution < -0.4 is 14.7 Å². The second kappa shape index (κ2) is 16.8. The van der Waals surface area contributed by atoms with Gasteiger partial charge in [-0.1, -0.05) is 200 Å². The molecule has 0 aliphatic carbocycles. The van der Waals surface area contributed by atoms with Crippen LogP contribution in [0.1, 0.15) is 22.6 Å². The minimum atomic E-state index is -0.0901. The Morgan fingerprint density at radius 2 is 0.667 bits per heavy atom. The Labute approximate surface area is 465 Å². The number of nitrogens with zero attached hydrogens (tertiary/aromatic N) is 4. The van der Waals surface area contributed by atoms with Gasteiger partial charge in [0.2, 0.25) is 0 Å². The lowest BCUT2D eigenvalue weighted by Crippen LogP contribution is -2.25. The first-order valence-corrected chi connectivity index (χ1v) is 27.8. The van der Waals surface area contributed by atoms with E-state index in [0.29, 0.717) is 0 Å². The molecule has 0 radical (unpaired) electrons. The monoisotopic (exact) mass is 1030 g/mol. The standard InChI is InChI=1S/C75H46N4O2/c1-2-22-46(23-3-1)76-60-36-13-8-24-47(60)59-44-67-68(45-66(59)76)79(64-40-17-16-39-63(64)77(67)65-41-21-34-55-49-26-12-19-43-70(49)81-75(55)65)73-52-29-6-4-27-50(52)72(51-28-5-7-30-53(51)73)78-61-37-14-9-31-56(61)71(57-32-10-15-38-62(57)78)58-35-20-33-54-48-25-11-18-42-69(48)80-74(54)58/h1-45,71H. The lowest BCUT2D eigenvalue weighted by molar-refractivity contribution is 0.661. The molecule has 16 aromatic rings. The second-order valence-electron chi connectivity index (χ2n) is 21.5. The summed E-state index contributed by atoms with van der Waals surface area (Å²) in [6.45, 7) is 0. The average Bonchev–Trinajstić information content (AvgIpc) is 4.26. The normalized spacial score (nSPS) is 13.3. The summed E-state index contributed by atoms with van der Waals surface area (Å²) in [5.74, 6) is -0.0901. The third-order valence-corrected chi connectivity index (χ3v) is 17.3.